The third-order valence-corrected chi connectivity index (χ3v) is 5.20. The highest BCUT2D eigenvalue weighted by Crippen LogP contribution is 2.21. The number of ether oxygens (including phenoxy) is 2. The molecule has 1 atom stereocenters. The molecule has 4 aromatic rings. The normalized spacial score (nSPS) is 11.9. The number of nitrogens with zero attached hydrogens (tertiary/aromatic N) is 1. The lowest BCUT2D eigenvalue weighted by atomic mass is 10.1. The molecule has 0 saturated carbocycles. The minimum atomic E-state index is -0.680. The number of rotatable bonds is 8. The predicted octanol–water partition coefficient (Wildman–Crippen LogP) is 5.64. The van der Waals surface area contributed by atoms with Gasteiger partial charge in [-0.3, -0.25) is 4.79 Å². The van der Waals surface area contributed by atoms with Crippen LogP contribution in [0.15, 0.2) is 96.1 Å². The topological polar surface area (TPSA) is 59.9 Å². The van der Waals surface area contributed by atoms with Gasteiger partial charge in [0.2, 0.25) is 0 Å². The molecule has 5 nitrogen and oxygen atoms in total. The largest absolute Gasteiger partial charge is 0.489 e. The first-order valence-corrected chi connectivity index (χ1v) is 10.8. The summed E-state index contributed by atoms with van der Waals surface area (Å²) in [6.07, 6.45) is 0.908. The van der Waals surface area contributed by atoms with Crippen molar-refractivity contribution < 1.29 is 14.3 Å². The minimum absolute atomic E-state index is 0.322. The number of nitrogens with one attached hydrogen (secondary N) is 1. The predicted molar refractivity (Wildman–Crippen MR) is 132 cm³/mol. The van der Waals surface area contributed by atoms with E-state index in [4.69, 9.17) is 9.47 Å². The minimum Gasteiger partial charge on any atom is -0.489 e. The Bertz CT molecular complexity index is 1250. The van der Waals surface area contributed by atoms with Crippen molar-refractivity contribution in [3.63, 3.8) is 0 Å². The second kappa shape index (κ2) is 10.5. The molecule has 4 rings (SSSR count). The maximum Gasteiger partial charge on any atom is 0.280 e. The summed E-state index contributed by atoms with van der Waals surface area (Å²) in [6.45, 7) is 4.27. The van der Waals surface area contributed by atoms with Gasteiger partial charge in [0.25, 0.3) is 5.91 Å². The van der Waals surface area contributed by atoms with E-state index in [-0.39, 0.29) is 5.91 Å². The Morgan fingerprint density at radius 1 is 0.909 bits per heavy atom. The summed E-state index contributed by atoms with van der Waals surface area (Å²) in [7, 11) is 0. The molecule has 33 heavy (non-hydrogen) atoms. The summed E-state index contributed by atoms with van der Waals surface area (Å²) in [5.74, 6) is 1.09. The maximum absolute atomic E-state index is 12.3. The van der Waals surface area contributed by atoms with Crippen LogP contribution in [0.2, 0.25) is 0 Å². The first-order valence-electron chi connectivity index (χ1n) is 10.8. The lowest BCUT2D eigenvalue weighted by Crippen LogP contribution is -2.33. The molecule has 0 aromatic heterocycles. The number of benzene rings is 4. The molecule has 4 aromatic carbocycles. The van der Waals surface area contributed by atoms with E-state index in [1.54, 1.807) is 13.1 Å². The number of amides is 1. The van der Waals surface area contributed by atoms with Crippen molar-refractivity contribution in [3.8, 4) is 11.5 Å². The van der Waals surface area contributed by atoms with Gasteiger partial charge in [0.15, 0.2) is 6.10 Å². The van der Waals surface area contributed by atoms with Crippen molar-refractivity contribution in [1.29, 1.82) is 0 Å². The molecule has 0 aliphatic carbocycles. The molecular formula is C28H26N2O3. The van der Waals surface area contributed by atoms with Crippen LogP contribution < -0.4 is 14.9 Å². The summed E-state index contributed by atoms with van der Waals surface area (Å²) >= 11 is 0. The van der Waals surface area contributed by atoms with Crippen LogP contribution in [0.5, 0.6) is 11.5 Å². The van der Waals surface area contributed by atoms with Gasteiger partial charge in [-0.1, -0.05) is 60.2 Å². The number of fused-ring (bicyclic) bond motifs is 1. The molecule has 0 unspecified atom stereocenters. The van der Waals surface area contributed by atoms with E-state index < -0.39 is 6.10 Å². The van der Waals surface area contributed by atoms with Crippen molar-refractivity contribution >= 4 is 22.9 Å². The Hall–Kier alpha value is -4.12. The molecule has 166 valence electrons. The van der Waals surface area contributed by atoms with Crippen molar-refractivity contribution in [1.82, 2.24) is 5.43 Å². The average molecular weight is 439 g/mol. The van der Waals surface area contributed by atoms with E-state index >= 15 is 0 Å². The van der Waals surface area contributed by atoms with Gasteiger partial charge in [0, 0.05) is 0 Å². The lowest BCUT2D eigenvalue weighted by Gasteiger charge is -2.13. The average Bonchev–Trinajstić information content (AvgIpc) is 2.84. The van der Waals surface area contributed by atoms with Gasteiger partial charge in [-0.2, -0.15) is 5.10 Å². The van der Waals surface area contributed by atoms with Crippen LogP contribution >= 0.6 is 0 Å². The van der Waals surface area contributed by atoms with Crippen LogP contribution in [0.3, 0.4) is 0 Å². The van der Waals surface area contributed by atoms with Crippen molar-refractivity contribution in [2.24, 2.45) is 5.10 Å². The standard InChI is InChI=1S/C28H26N2O3/c1-20-7-9-23(10-8-20)19-32-26-14-11-22(12-15-26)18-29-30-28(31)21(2)33-27-16-13-24-5-3-4-6-25(24)17-27/h3-18,21H,19H2,1-2H3,(H,30,31)/b29-18-/t21-/m0/s1. The molecule has 1 amide bonds. The number of hydrazone groups is 1. The first-order chi connectivity index (χ1) is 16.1. The molecule has 0 spiro atoms. The summed E-state index contributed by atoms with van der Waals surface area (Å²) < 4.78 is 11.6. The van der Waals surface area contributed by atoms with E-state index in [0.717, 1.165) is 27.6 Å². The molecule has 0 aliphatic heterocycles. The van der Waals surface area contributed by atoms with Crippen molar-refractivity contribution in [3.05, 3.63) is 108 Å². The Morgan fingerprint density at radius 3 is 2.36 bits per heavy atom. The molecule has 5 heteroatoms. The van der Waals surface area contributed by atoms with E-state index in [0.29, 0.717) is 12.4 Å². The monoisotopic (exact) mass is 438 g/mol. The van der Waals surface area contributed by atoms with Crippen LogP contribution in [0.4, 0.5) is 0 Å². The molecule has 0 heterocycles. The SMILES string of the molecule is Cc1ccc(COc2ccc(/C=N\NC(=O)[C@H](C)Oc3ccc4ccccc4c3)cc2)cc1. The van der Waals surface area contributed by atoms with E-state index in [2.05, 4.69) is 41.7 Å². The number of hydrogen-bond donors (Lipinski definition) is 1. The second-order valence-corrected chi connectivity index (χ2v) is 7.85. The first kappa shape index (κ1) is 22.1. The molecule has 0 fully saturated rings. The Balaban J connectivity index is 1.26. The molecule has 1 N–H and O–H groups in total. The second-order valence-electron chi connectivity index (χ2n) is 7.85. The summed E-state index contributed by atoms with van der Waals surface area (Å²) in [5, 5.41) is 6.23. The van der Waals surface area contributed by atoms with Gasteiger partial charge in [-0.05, 0) is 72.1 Å². The van der Waals surface area contributed by atoms with Crippen LogP contribution in [0.25, 0.3) is 10.8 Å². The Morgan fingerprint density at radius 2 is 1.61 bits per heavy atom. The zero-order chi connectivity index (χ0) is 23.0. The fourth-order valence-electron chi connectivity index (χ4n) is 3.26. The third-order valence-electron chi connectivity index (χ3n) is 5.20. The fourth-order valence-corrected chi connectivity index (χ4v) is 3.26. The van der Waals surface area contributed by atoms with Crippen LogP contribution in [-0.2, 0) is 11.4 Å². The zero-order valence-corrected chi connectivity index (χ0v) is 18.7. The molecule has 0 bridgehead atoms. The number of aryl methyl sites for hydroxylation is 1. The van der Waals surface area contributed by atoms with Crippen molar-refractivity contribution in [2.75, 3.05) is 0 Å². The highest BCUT2D eigenvalue weighted by molar-refractivity contribution is 5.85. The third kappa shape index (κ3) is 6.20. The number of hydrogen-bond acceptors (Lipinski definition) is 4. The maximum atomic E-state index is 12.3. The van der Waals surface area contributed by atoms with Gasteiger partial charge in [0.1, 0.15) is 18.1 Å². The van der Waals surface area contributed by atoms with E-state index in [9.17, 15) is 4.79 Å². The van der Waals surface area contributed by atoms with Gasteiger partial charge < -0.3 is 9.47 Å². The van der Waals surface area contributed by atoms with Gasteiger partial charge in [-0.25, -0.2) is 5.43 Å². The molecule has 0 radical (unpaired) electrons. The van der Waals surface area contributed by atoms with E-state index in [1.807, 2.05) is 66.7 Å². The van der Waals surface area contributed by atoms with Gasteiger partial charge in [0.05, 0.1) is 6.21 Å². The lowest BCUT2D eigenvalue weighted by molar-refractivity contribution is -0.127. The molecular weight excluding hydrogens is 412 g/mol. The summed E-state index contributed by atoms with van der Waals surface area (Å²) in [5.41, 5.74) is 5.72. The smallest absolute Gasteiger partial charge is 0.280 e. The van der Waals surface area contributed by atoms with Crippen LogP contribution in [0.1, 0.15) is 23.6 Å². The van der Waals surface area contributed by atoms with Gasteiger partial charge in [-0.15, -0.1) is 0 Å². The van der Waals surface area contributed by atoms with E-state index in [1.165, 1.54) is 5.56 Å². The van der Waals surface area contributed by atoms with Crippen LogP contribution in [0, 0.1) is 6.92 Å². The zero-order valence-electron chi connectivity index (χ0n) is 18.7. The Kier molecular flexibility index (Phi) is 7.00. The highest BCUT2D eigenvalue weighted by atomic mass is 16.5. The van der Waals surface area contributed by atoms with Gasteiger partial charge >= 0.3 is 0 Å². The fraction of sp³-hybridized carbons (Fsp3) is 0.143. The molecule has 0 saturated heterocycles. The number of carbonyl (C=O) groups excluding carboxylic acids is 1. The Labute approximate surface area is 193 Å². The number of carbonyl (C=O) groups is 1. The quantitative estimate of drug-likeness (QED) is 0.286. The summed E-state index contributed by atoms with van der Waals surface area (Å²) in [4.78, 5) is 12.3. The summed E-state index contributed by atoms with van der Waals surface area (Å²) in [6, 6.07) is 29.5. The van der Waals surface area contributed by atoms with Crippen LogP contribution in [-0.4, -0.2) is 18.2 Å². The highest BCUT2D eigenvalue weighted by Gasteiger charge is 2.14. The van der Waals surface area contributed by atoms with Crippen molar-refractivity contribution in [2.45, 2.75) is 26.6 Å². The molecule has 0 aliphatic rings.